The summed E-state index contributed by atoms with van der Waals surface area (Å²) in [7, 11) is 1.66. The molecule has 2 N–H and O–H groups in total. The second-order valence-electron chi connectivity index (χ2n) is 4.51. The third-order valence-electron chi connectivity index (χ3n) is 2.72. The van der Waals surface area contributed by atoms with E-state index < -0.39 is 0 Å². The summed E-state index contributed by atoms with van der Waals surface area (Å²) >= 11 is 0. The zero-order valence-electron chi connectivity index (χ0n) is 10.1. The second kappa shape index (κ2) is 5.12. The summed E-state index contributed by atoms with van der Waals surface area (Å²) in [6.45, 7) is 3.94. The largest absolute Gasteiger partial charge is 0.399 e. The second-order valence-corrected chi connectivity index (χ2v) is 4.51. The number of nitrogens with two attached hydrogens (primary N) is 1. The molecule has 1 rings (SSSR count). The lowest BCUT2D eigenvalue weighted by atomic mass is 9.97. The highest BCUT2D eigenvalue weighted by atomic mass is 16.5. The molecule has 0 heterocycles. The summed E-state index contributed by atoms with van der Waals surface area (Å²) < 4.78 is 5.27. The summed E-state index contributed by atoms with van der Waals surface area (Å²) in [6, 6.07) is 7.07. The van der Waals surface area contributed by atoms with Crippen LogP contribution in [0.1, 0.15) is 37.0 Å². The van der Waals surface area contributed by atoms with Crippen LogP contribution in [0.25, 0.3) is 0 Å². The van der Waals surface area contributed by atoms with Crippen molar-refractivity contribution in [3.8, 4) is 0 Å². The lowest BCUT2D eigenvalue weighted by molar-refractivity contribution is 0.0141. The Hall–Kier alpha value is -1.35. The number of ketones is 1. The zero-order valence-corrected chi connectivity index (χ0v) is 10.1. The molecule has 3 heteroatoms. The number of Topliss-reactive ketones (excluding diaryl/α,β-unsaturated/α-hetero) is 1. The van der Waals surface area contributed by atoms with Gasteiger partial charge in [0.05, 0.1) is 5.60 Å². The van der Waals surface area contributed by atoms with Crippen molar-refractivity contribution in [3.05, 3.63) is 29.8 Å². The smallest absolute Gasteiger partial charge is 0.163 e. The van der Waals surface area contributed by atoms with Gasteiger partial charge in [-0.15, -0.1) is 0 Å². The Morgan fingerprint density at radius 3 is 2.69 bits per heavy atom. The third kappa shape index (κ3) is 3.66. The Kier molecular flexibility index (Phi) is 4.07. The van der Waals surface area contributed by atoms with Crippen LogP contribution >= 0.6 is 0 Å². The molecule has 0 aliphatic rings. The minimum Gasteiger partial charge on any atom is -0.399 e. The van der Waals surface area contributed by atoms with Crippen LogP contribution in [0.4, 0.5) is 5.69 Å². The van der Waals surface area contributed by atoms with Crippen LogP contribution in [0.15, 0.2) is 24.3 Å². The molecule has 0 saturated carbocycles. The number of rotatable bonds is 5. The Morgan fingerprint density at radius 1 is 1.44 bits per heavy atom. The maximum atomic E-state index is 11.8. The number of carbonyl (C=O) groups excluding carboxylic acids is 1. The van der Waals surface area contributed by atoms with E-state index in [-0.39, 0.29) is 11.4 Å². The Bertz CT molecular complexity index is 372. The fourth-order valence-corrected chi connectivity index (χ4v) is 1.37. The molecule has 1 aromatic carbocycles. The molecule has 0 unspecified atom stereocenters. The van der Waals surface area contributed by atoms with Crippen molar-refractivity contribution >= 4 is 11.5 Å². The first-order valence-electron chi connectivity index (χ1n) is 5.38. The van der Waals surface area contributed by atoms with E-state index in [4.69, 9.17) is 10.5 Å². The van der Waals surface area contributed by atoms with E-state index in [2.05, 4.69) is 0 Å². The van der Waals surface area contributed by atoms with Crippen LogP contribution in [-0.4, -0.2) is 18.5 Å². The number of anilines is 1. The van der Waals surface area contributed by atoms with E-state index in [0.29, 0.717) is 24.1 Å². The molecule has 1 aromatic rings. The van der Waals surface area contributed by atoms with Gasteiger partial charge in [-0.05, 0) is 32.4 Å². The van der Waals surface area contributed by atoms with Crippen LogP contribution in [0.3, 0.4) is 0 Å². The molecule has 0 fully saturated rings. The average molecular weight is 221 g/mol. The van der Waals surface area contributed by atoms with Gasteiger partial charge in [0.1, 0.15) is 0 Å². The van der Waals surface area contributed by atoms with Gasteiger partial charge in [-0.1, -0.05) is 12.1 Å². The van der Waals surface area contributed by atoms with Gasteiger partial charge < -0.3 is 10.5 Å². The molecule has 0 spiro atoms. The van der Waals surface area contributed by atoms with Crippen LogP contribution in [0, 0.1) is 0 Å². The Morgan fingerprint density at radius 2 is 2.12 bits per heavy atom. The van der Waals surface area contributed by atoms with Crippen LogP contribution < -0.4 is 5.73 Å². The van der Waals surface area contributed by atoms with E-state index in [1.54, 1.807) is 31.4 Å². The fraction of sp³-hybridized carbons (Fsp3) is 0.462. The van der Waals surface area contributed by atoms with Gasteiger partial charge in [0.15, 0.2) is 5.78 Å². The maximum Gasteiger partial charge on any atom is 0.163 e. The molecule has 0 radical (unpaired) electrons. The van der Waals surface area contributed by atoms with Gasteiger partial charge in [-0.3, -0.25) is 4.79 Å². The van der Waals surface area contributed by atoms with E-state index in [1.165, 1.54) is 0 Å². The minimum atomic E-state index is -0.254. The van der Waals surface area contributed by atoms with Gasteiger partial charge in [-0.25, -0.2) is 0 Å². The zero-order chi connectivity index (χ0) is 12.2. The first-order valence-corrected chi connectivity index (χ1v) is 5.38. The minimum absolute atomic E-state index is 0.109. The van der Waals surface area contributed by atoms with Crippen molar-refractivity contribution in [3.63, 3.8) is 0 Å². The molecule has 0 aliphatic heterocycles. The molecule has 88 valence electrons. The molecule has 0 atom stereocenters. The molecule has 3 nitrogen and oxygen atoms in total. The topological polar surface area (TPSA) is 52.3 Å². The molecule has 16 heavy (non-hydrogen) atoms. The van der Waals surface area contributed by atoms with Crippen molar-refractivity contribution in [1.82, 2.24) is 0 Å². The summed E-state index contributed by atoms with van der Waals surface area (Å²) in [5.74, 6) is 0.109. The number of hydrogen-bond acceptors (Lipinski definition) is 3. The predicted molar refractivity (Wildman–Crippen MR) is 65.5 cm³/mol. The van der Waals surface area contributed by atoms with E-state index in [1.807, 2.05) is 13.8 Å². The van der Waals surface area contributed by atoms with Crippen molar-refractivity contribution < 1.29 is 9.53 Å². The van der Waals surface area contributed by atoms with Gasteiger partial charge in [0, 0.05) is 24.8 Å². The number of methoxy groups -OCH3 is 1. The van der Waals surface area contributed by atoms with Gasteiger partial charge >= 0.3 is 0 Å². The first-order chi connectivity index (χ1) is 7.44. The quantitative estimate of drug-likeness (QED) is 0.614. The highest BCUT2D eigenvalue weighted by Crippen LogP contribution is 2.18. The monoisotopic (exact) mass is 221 g/mol. The molecule has 0 amide bonds. The van der Waals surface area contributed by atoms with Crippen molar-refractivity contribution in [2.45, 2.75) is 32.3 Å². The van der Waals surface area contributed by atoms with Gasteiger partial charge in [0.2, 0.25) is 0 Å². The first kappa shape index (κ1) is 12.7. The summed E-state index contributed by atoms with van der Waals surface area (Å²) in [5.41, 5.74) is 6.67. The highest BCUT2D eigenvalue weighted by molar-refractivity contribution is 5.96. The van der Waals surface area contributed by atoms with E-state index in [9.17, 15) is 4.79 Å². The van der Waals surface area contributed by atoms with Gasteiger partial charge in [0.25, 0.3) is 0 Å². The van der Waals surface area contributed by atoms with Crippen molar-refractivity contribution in [2.24, 2.45) is 0 Å². The molecular weight excluding hydrogens is 202 g/mol. The third-order valence-corrected chi connectivity index (χ3v) is 2.72. The molecular formula is C13H19NO2. The Balaban J connectivity index is 2.60. The normalized spacial score (nSPS) is 11.4. The number of ether oxygens (including phenoxy) is 1. The highest BCUT2D eigenvalue weighted by Gasteiger charge is 2.18. The van der Waals surface area contributed by atoms with Crippen LogP contribution in [-0.2, 0) is 4.74 Å². The molecule has 0 aliphatic carbocycles. The summed E-state index contributed by atoms with van der Waals surface area (Å²) in [6.07, 6.45) is 1.18. The summed E-state index contributed by atoms with van der Waals surface area (Å²) in [4.78, 5) is 11.8. The molecule has 0 bridgehead atoms. The standard InChI is InChI=1S/C13H19NO2/c1-13(2,16-3)8-7-12(15)10-5-4-6-11(14)9-10/h4-6,9H,7-8,14H2,1-3H3. The van der Waals surface area contributed by atoms with Crippen molar-refractivity contribution in [1.29, 1.82) is 0 Å². The summed E-state index contributed by atoms with van der Waals surface area (Å²) in [5, 5.41) is 0. The lowest BCUT2D eigenvalue weighted by Crippen LogP contribution is -2.23. The van der Waals surface area contributed by atoms with E-state index in [0.717, 1.165) is 0 Å². The lowest BCUT2D eigenvalue weighted by Gasteiger charge is -2.22. The van der Waals surface area contributed by atoms with E-state index >= 15 is 0 Å². The average Bonchev–Trinajstić information content (AvgIpc) is 2.26. The van der Waals surface area contributed by atoms with Crippen molar-refractivity contribution in [2.75, 3.05) is 12.8 Å². The van der Waals surface area contributed by atoms with Crippen LogP contribution in [0.5, 0.6) is 0 Å². The SMILES string of the molecule is COC(C)(C)CCC(=O)c1cccc(N)c1. The van der Waals surface area contributed by atoms with Crippen LogP contribution in [0.2, 0.25) is 0 Å². The number of carbonyl (C=O) groups is 1. The van der Waals surface area contributed by atoms with Gasteiger partial charge in [-0.2, -0.15) is 0 Å². The molecule has 0 saturated heterocycles. The number of nitrogen functional groups attached to an aromatic ring is 1. The predicted octanol–water partition coefficient (Wildman–Crippen LogP) is 2.66. The number of hydrogen-bond donors (Lipinski definition) is 1. The maximum absolute atomic E-state index is 11.8. The Labute approximate surface area is 96.6 Å². The molecule has 0 aromatic heterocycles. The number of benzene rings is 1. The fourth-order valence-electron chi connectivity index (χ4n) is 1.37.